The molecule has 15 heavy (non-hydrogen) atoms. The Morgan fingerprint density at radius 1 is 1.20 bits per heavy atom. The van der Waals surface area contributed by atoms with Crippen LogP contribution in [-0.2, 0) is 12.8 Å². The summed E-state index contributed by atoms with van der Waals surface area (Å²) < 4.78 is 0. The van der Waals surface area contributed by atoms with Crippen LogP contribution < -0.4 is 0 Å². The molecule has 0 amide bonds. The molecule has 1 aliphatic rings. The first-order valence-corrected chi connectivity index (χ1v) is 6.35. The third kappa shape index (κ3) is 2.56. The Labute approximate surface area is 96.9 Å². The van der Waals surface area contributed by atoms with E-state index in [0.717, 1.165) is 17.7 Å². The second-order valence-electron chi connectivity index (χ2n) is 4.26. The van der Waals surface area contributed by atoms with Crippen LogP contribution in [0.5, 0.6) is 0 Å². The van der Waals surface area contributed by atoms with Crippen molar-refractivity contribution in [3.05, 3.63) is 34.9 Å². The van der Waals surface area contributed by atoms with E-state index < -0.39 is 0 Å². The minimum Gasteiger partial charge on any atom is -0.388 e. The summed E-state index contributed by atoms with van der Waals surface area (Å²) in [5.41, 5.74) is 3.98. The smallest absolute Gasteiger partial charge is 0.0797 e. The molecule has 2 rings (SSSR count). The van der Waals surface area contributed by atoms with Crippen molar-refractivity contribution in [1.29, 1.82) is 0 Å². The molecule has 1 unspecified atom stereocenters. The number of aliphatic hydroxyl groups is 1. The molecule has 0 saturated heterocycles. The highest BCUT2D eigenvalue weighted by Gasteiger charge is 2.12. The van der Waals surface area contributed by atoms with E-state index in [4.69, 9.17) is 0 Å². The molecular weight excluding hydrogens is 204 g/mol. The fourth-order valence-corrected chi connectivity index (χ4v) is 2.49. The van der Waals surface area contributed by atoms with Crippen LogP contribution in [0.25, 0.3) is 0 Å². The number of rotatable bonds is 3. The summed E-state index contributed by atoms with van der Waals surface area (Å²) in [5.74, 6) is 0.734. The van der Waals surface area contributed by atoms with E-state index in [0.29, 0.717) is 0 Å². The second kappa shape index (κ2) is 5.04. The largest absolute Gasteiger partial charge is 0.388 e. The molecular formula is C13H18OS. The first kappa shape index (κ1) is 11.0. The summed E-state index contributed by atoms with van der Waals surface area (Å²) in [6.45, 7) is 0. The van der Waals surface area contributed by atoms with Gasteiger partial charge in [-0.25, -0.2) is 0 Å². The average molecular weight is 222 g/mol. The van der Waals surface area contributed by atoms with Crippen LogP contribution >= 0.6 is 12.6 Å². The third-order valence-corrected chi connectivity index (χ3v) is 3.42. The predicted molar refractivity (Wildman–Crippen MR) is 66.5 cm³/mol. The van der Waals surface area contributed by atoms with Crippen molar-refractivity contribution in [2.24, 2.45) is 0 Å². The van der Waals surface area contributed by atoms with Gasteiger partial charge in [0.25, 0.3) is 0 Å². The third-order valence-electron chi connectivity index (χ3n) is 3.16. The fraction of sp³-hybridized carbons (Fsp3) is 0.538. The van der Waals surface area contributed by atoms with Crippen LogP contribution in [0.4, 0.5) is 0 Å². The van der Waals surface area contributed by atoms with Gasteiger partial charge in [-0.2, -0.15) is 12.6 Å². The van der Waals surface area contributed by atoms with Crippen LogP contribution in [-0.4, -0.2) is 10.9 Å². The van der Waals surface area contributed by atoms with E-state index in [9.17, 15) is 5.11 Å². The van der Waals surface area contributed by atoms with E-state index in [1.165, 1.54) is 36.8 Å². The topological polar surface area (TPSA) is 20.2 Å². The maximum atomic E-state index is 9.87. The van der Waals surface area contributed by atoms with Crippen molar-refractivity contribution < 1.29 is 5.11 Å². The van der Waals surface area contributed by atoms with Crippen molar-refractivity contribution in [1.82, 2.24) is 0 Å². The lowest BCUT2D eigenvalue weighted by Gasteiger charge is -2.18. The minimum absolute atomic E-state index is 0.338. The number of hydrogen-bond donors (Lipinski definition) is 2. The van der Waals surface area contributed by atoms with E-state index in [2.05, 4.69) is 30.8 Å². The van der Waals surface area contributed by atoms with E-state index >= 15 is 0 Å². The number of hydrogen-bond acceptors (Lipinski definition) is 2. The van der Waals surface area contributed by atoms with Crippen LogP contribution in [0, 0.1) is 0 Å². The standard InChI is InChI=1S/C13H18OS/c14-13(7-8-15)12-6-5-10-3-1-2-4-11(10)9-12/h5-6,9,13-15H,1-4,7-8H2. The molecule has 0 bridgehead atoms. The van der Waals surface area contributed by atoms with Gasteiger partial charge in [0.05, 0.1) is 6.10 Å². The zero-order valence-electron chi connectivity index (χ0n) is 8.95. The molecule has 0 aromatic heterocycles. The van der Waals surface area contributed by atoms with Crippen molar-refractivity contribution in [2.45, 2.75) is 38.2 Å². The molecule has 2 heteroatoms. The van der Waals surface area contributed by atoms with Crippen LogP contribution in [0.3, 0.4) is 0 Å². The highest BCUT2D eigenvalue weighted by molar-refractivity contribution is 7.80. The number of aliphatic hydroxyl groups excluding tert-OH is 1. The summed E-state index contributed by atoms with van der Waals surface area (Å²) in [4.78, 5) is 0. The maximum Gasteiger partial charge on any atom is 0.0797 e. The summed E-state index contributed by atoms with van der Waals surface area (Å²) in [7, 11) is 0. The Hall–Kier alpha value is -0.470. The Kier molecular flexibility index (Phi) is 3.71. The second-order valence-corrected chi connectivity index (χ2v) is 4.71. The number of thiol groups is 1. The first-order valence-electron chi connectivity index (χ1n) is 5.72. The molecule has 1 aliphatic carbocycles. The number of fused-ring (bicyclic) bond motifs is 1. The van der Waals surface area contributed by atoms with Gasteiger partial charge < -0.3 is 5.11 Å². The zero-order chi connectivity index (χ0) is 10.7. The van der Waals surface area contributed by atoms with Gasteiger partial charge in [-0.3, -0.25) is 0 Å². The maximum absolute atomic E-state index is 9.87. The summed E-state index contributed by atoms with van der Waals surface area (Å²) in [5, 5.41) is 9.87. The fourth-order valence-electron chi connectivity index (χ4n) is 2.25. The molecule has 82 valence electrons. The number of aryl methyl sites for hydroxylation is 2. The van der Waals surface area contributed by atoms with Crippen LogP contribution in [0.1, 0.15) is 42.1 Å². The Morgan fingerprint density at radius 3 is 2.67 bits per heavy atom. The molecule has 1 N–H and O–H groups in total. The van der Waals surface area contributed by atoms with Crippen LogP contribution in [0.15, 0.2) is 18.2 Å². The molecule has 0 aliphatic heterocycles. The van der Waals surface area contributed by atoms with Crippen molar-refractivity contribution >= 4 is 12.6 Å². The Morgan fingerprint density at radius 2 is 1.93 bits per heavy atom. The van der Waals surface area contributed by atoms with Gasteiger partial charge in [-0.15, -0.1) is 0 Å². The molecule has 1 nitrogen and oxygen atoms in total. The lowest BCUT2D eigenvalue weighted by atomic mass is 9.89. The molecule has 0 fully saturated rings. The van der Waals surface area contributed by atoms with Crippen LogP contribution in [0.2, 0.25) is 0 Å². The highest BCUT2D eigenvalue weighted by Crippen LogP contribution is 2.25. The van der Waals surface area contributed by atoms with Gasteiger partial charge in [0, 0.05) is 0 Å². The summed E-state index contributed by atoms with van der Waals surface area (Å²) in [6, 6.07) is 6.44. The Bertz CT molecular complexity index is 335. The van der Waals surface area contributed by atoms with Gasteiger partial charge in [0.1, 0.15) is 0 Å². The van der Waals surface area contributed by atoms with E-state index in [1.807, 2.05) is 0 Å². The van der Waals surface area contributed by atoms with Gasteiger partial charge in [-0.05, 0) is 54.5 Å². The highest BCUT2D eigenvalue weighted by atomic mass is 32.1. The predicted octanol–water partition coefficient (Wildman–Crippen LogP) is 2.92. The lowest BCUT2D eigenvalue weighted by molar-refractivity contribution is 0.175. The van der Waals surface area contributed by atoms with E-state index in [1.54, 1.807) is 0 Å². The van der Waals surface area contributed by atoms with E-state index in [-0.39, 0.29) is 6.10 Å². The molecule has 1 atom stereocenters. The Balaban J connectivity index is 2.20. The normalized spacial score (nSPS) is 17.2. The zero-order valence-corrected chi connectivity index (χ0v) is 9.84. The molecule has 0 radical (unpaired) electrons. The van der Waals surface area contributed by atoms with Crippen molar-refractivity contribution in [3.8, 4) is 0 Å². The average Bonchev–Trinajstić information content (AvgIpc) is 2.29. The molecule has 0 spiro atoms. The summed E-state index contributed by atoms with van der Waals surface area (Å²) >= 11 is 4.15. The first-order chi connectivity index (χ1) is 7.31. The van der Waals surface area contributed by atoms with Gasteiger partial charge >= 0.3 is 0 Å². The minimum atomic E-state index is -0.338. The van der Waals surface area contributed by atoms with Gasteiger partial charge in [0.15, 0.2) is 0 Å². The van der Waals surface area contributed by atoms with Gasteiger partial charge in [0.2, 0.25) is 0 Å². The SMILES string of the molecule is OC(CCS)c1ccc2c(c1)CCCC2. The lowest BCUT2D eigenvalue weighted by Crippen LogP contribution is -2.05. The van der Waals surface area contributed by atoms with Gasteiger partial charge in [-0.1, -0.05) is 18.2 Å². The van der Waals surface area contributed by atoms with Crippen molar-refractivity contribution in [3.63, 3.8) is 0 Å². The summed E-state index contributed by atoms with van der Waals surface area (Å²) in [6.07, 6.45) is 5.39. The molecule has 0 heterocycles. The molecule has 1 aromatic carbocycles. The molecule has 0 saturated carbocycles. The monoisotopic (exact) mass is 222 g/mol. The van der Waals surface area contributed by atoms with Crippen molar-refractivity contribution in [2.75, 3.05) is 5.75 Å². The quantitative estimate of drug-likeness (QED) is 0.753. The number of benzene rings is 1. The molecule has 1 aromatic rings.